The van der Waals surface area contributed by atoms with Crippen LogP contribution in [0.4, 0.5) is 0 Å². The minimum absolute atomic E-state index is 0.681. The molecule has 2 rings (SSSR count). The fourth-order valence-corrected chi connectivity index (χ4v) is 1.87. The summed E-state index contributed by atoms with van der Waals surface area (Å²) in [6.07, 6.45) is 1.84. The third-order valence-corrected chi connectivity index (χ3v) is 2.73. The fourth-order valence-electron chi connectivity index (χ4n) is 1.87. The lowest BCUT2D eigenvalue weighted by molar-refractivity contribution is 0.112. The number of hydrogen-bond acceptors (Lipinski definition) is 2. The van der Waals surface area contributed by atoms with Gasteiger partial charge in [-0.25, -0.2) is 0 Å². The molecule has 18 heavy (non-hydrogen) atoms. The Labute approximate surface area is 107 Å². The first-order chi connectivity index (χ1) is 8.86. The lowest BCUT2D eigenvalue weighted by Crippen LogP contribution is -1.97. The van der Waals surface area contributed by atoms with Crippen LogP contribution in [-0.2, 0) is 0 Å². The van der Waals surface area contributed by atoms with E-state index < -0.39 is 0 Å². The fraction of sp³-hybridized carbons (Fsp3) is 0.188. The summed E-state index contributed by atoms with van der Waals surface area (Å²) in [5.74, 6) is 0.827. The Morgan fingerprint density at radius 3 is 2.39 bits per heavy atom. The van der Waals surface area contributed by atoms with E-state index in [1.54, 1.807) is 0 Å². The van der Waals surface area contributed by atoms with Gasteiger partial charge in [-0.05, 0) is 18.1 Å². The van der Waals surface area contributed by atoms with E-state index in [0.717, 1.165) is 29.6 Å². The van der Waals surface area contributed by atoms with Crippen LogP contribution in [0.3, 0.4) is 0 Å². The molecule has 2 aromatic carbocycles. The Balaban J connectivity index is 2.46. The van der Waals surface area contributed by atoms with Gasteiger partial charge in [0, 0.05) is 11.1 Å². The molecule has 2 aromatic rings. The van der Waals surface area contributed by atoms with Crippen molar-refractivity contribution < 1.29 is 9.53 Å². The van der Waals surface area contributed by atoms with Crippen LogP contribution in [-0.4, -0.2) is 12.9 Å². The van der Waals surface area contributed by atoms with Gasteiger partial charge in [0.25, 0.3) is 0 Å². The zero-order chi connectivity index (χ0) is 12.8. The number of para-hydroxylation sites is 1. The highest BCUT2D eigenvalue weighted by Gasteiger charge is 2.08. The molecule has 2 nitrogen and oxygen atoms in total. The lowest BCUT2D eigenvalue weighted by Gasteiger charge is -2.12. The van der Waals surface area contributed by atoms with E-state index in [9.17, 15) is 4.79 Å². The highest BCUT2D eigenvalue weighted by Crippen LogP contribution is 2.31. The molecule has 0 radical (unpaired) electrons. The van der Waals surface area contributed by atoms with Crippen molar-refractivity contribution in [3.05, 3.63) is 54.1 Å². The summed E-state index contributed by atoms with van der Waals surface area (Å²) in [5, 5.41) is 0. The van der Waals surface area contributed by atoms with Gasteiger partial charge in [0.15, 0.2) is 6.29 Å². The van der Waals surface area contributed by atoms with Crippen LogP contribution in [0.1, 0.15) is 23.7 Å². The van der Waals surface area contributed by atoms with Crippen molar-refractivity contribution in [2.24, 2.45) is 0 Å². The molecule has 0 saturated heterocycles. The summed E-state index contributed by atoms with van der Waals surface area (Å²) in [6.45, 7) is 2.75. The van der Waals surface area contributed by atoms with Crippen LogP contribution >= 0.6 is 0 Å². The van der Waals surface area contributed by atoms with Gasteiger partial charge in [0.1, 0.15) is 5.75 Å². The van der Waals surface area contributed by atoms with Crippen LogP contribution < -0.4 is 4.74 Å². The van der Waals surface area contributed by atoms with Crippen molar-refractivity contribution in [3.8, 4) is 16.9 Å². The molecule has 92 valence electrons. The number of aldehydes is 1. The van der Waals surface area contributed by atoms with Crippen LogP contribution in [0.25, 0.3) is 11.1 Å². The number of carbonyl (C=O) groups is 1. The molecule has 0 aromatic heterocycles. The molecule has 0 amide bonds. The van der Waals surface area contributed by atoms with E-state index >= 15 is 0 Å². The number of carbonyl (C=O) groups excluding carboxylic acids is 1. The van der Waals surface area contributed by atoms with E-state index in [1.807, 2.05) is 48.5 Å². The molecule has 0 aliphatic heterocycles. The maximum absolute atomic E-state index is 11.1. The summed E-state index contributed by atoms with van der Waals surface area (Å²) < 4.78 is 5.72. The first-order valence-electron chi connectivity index (χ1n) is 6.13. The third kappa shape index (κ3) is 2.59. The monoisotopic (exact) mass is 240 g/mol. The Kier molecular flexibility index (Phi) is 4.13. The summed E-state index contributed by atoms with van der Waals surface area (Å²) in [4.78, 5) is 11.1. The van der Waals surface area contributed by atoms with Crippen molar-refractivity contribution >= 4 is 6.29 Å². The molecule has 0 N–H and O–H groups in total. The van der Waals surface area contributed by atoms with E-state index in [1.165, 1.54) is 0 Å². The first-order valence-corrected chi connectivity index (χ1v) is 6.13. The van der Waals surface area contributed by atoms with E-state index in [2.05, 4.69) is 6.92 Å². The van der Waals surface area contributed by atoms with Gasteiger partial charge in [-0.2, -0.15) is 0 Å². The van der Waals surface area contributed by atoms with Crippen LogP contribution in [0.2, 0.25) is 0 Å². The zero-order valence-corrected chi connectivity index (χ0v) is 10.4. The van der Waals surface area contributed by atoms with Crippen molar-refractivity contribution in [1.29, 1.82) is 0 Å². The maximum Gasteiger partial charge on any atom is 0.150 e. The minimum atomic E-state index is 0.681. The lowest BCUT2D eigenvalue weighted by atomic mass is 10.00. The van der Waals surface area contributed by atoms with Gasteiger partial charge >= 0.3 is 0 Å². The van der Waals surface area contributed by atoms with Crippen molar-refractivity contribution in [1.82, 2.24) is 0 Å². The molecule has 0 bridgehead atoms. The predicted octanol–water partition coefficient (Wildman–Crippen LogP) is 3.95. The van der Waals surface area contributed by atoms with Crippen molar-refractivity contribution in [3.63, 3.8) is 0 Å². The van der Waals surface area contributed by atoms with E-state index in [0.29, 0.717) is 12.2 Å². The zero-order valence-electron chi connectivity index (χ0n) is 10.4. The highest BCUT2D eigenvalue weighted by molar-refractivity contribution is 5.89. The second kappa shape index (κ2) is 6.01. The van der Waals surface area contributed by atoms with Gasteiger partial charge in [-0.1, -0.05) is 49.4 Å². The largest absolute Gasteiger partial charge is 0.493 e. The Morgan fingerprint density at radius 1 is 1.00 bits per heavy atom. The third-order valence-electron chi connectivity index (χ3n) is 2.73. The van der Waals surface area contributed by atoms with Gasteiger partial charge in [-0.15, -0.1) is 0 Å². The second-order valence-electron chi connectivity index (χ2n) is 4.05. The van der Waals surface area contributed by atoms with Gasteiger partial charge < -0.3 is 4.74 Å². The SMILES string of the molecule is CCCOc1ccccc1-c1ccccc1C=O. The molecule has 0 heterocycles. The molecule has 0 unspecified atom stereocenters. The van der Waals surface area contributed by atoms with Crippen molar-refractivity contribution in [2.45, 2.75) is 13.3 Å². The molecule has 0 fully saturated rings. The molecular weight excluding hydrogens is 224 g/mol. The van der Waals surface area contributed by atoms with Crippen molar-refractivity contribution in [2.75, 3.05) is 6.61 Å². The topological polar surface area (TPSA) is 26.3 Å². The minimum Gasteiger partial charge on any atom is -0.493 e. The molecule has 0 spiro atoms. The van der Waals surface area contributed by atoms with Crippen LogP contribution in [0.5, 0.6) is 5.75 Å². The summed E-state index contributed by atoms with van der Waals surface area (Å²) in [7, 11) is 0. The molecule has 0 saturated carbocycles. The number of hydrogen-bond donors (Lipinski definition) is 0. The average Bonchev–Trinajstić information content (AvgIpc) is 2.45. The normalized spacial score (nSPS) is 10.1. The summed E-state index contributed by atoms with van der Waals surface area (Å²) >= 11 is 0. The van der Waals surface area contributed by atoms with E-state index in [4.69, 9.17) is 4.74 Å². The smallest absolute Gasteiger partial charge is 0.150 e. The van der Waals surface area contributed by atoms with Gasteiger partial charge in [-0.3, -0.25) is 4.79 Å². The maximum atomic E-state index is 11.1. The van der Waals surface area contributed by atoms with Crippen LogP contribution in [0, 0.1) is 0 Å². The number of rotatable bonds is 5. The van der Waals surface area contributed by atoms with Gasteiger partial charge in [0.2, 0.25) is 0 Å². The quantitative estimate of drug-likeness (QED) is 0.739. The Bertz CT molecular complexity index is 532. The van der Waals surface area contributed by atoms with E-state index in [-0.39, 0.29) is 0 Å². The summed E-state index contributed by atoms with van der Waals surface area (Å²) in [5.41, 5.74) is 2.57. The molecule has 0 aliphatic rings. The van der Waals surface area contributed by atoms with Gasteiger partial charge in [0.05, 0.1) is 6.61 Å². The Morgan fingerprint density at radius 2 is 1.67 bits per heavy atom. The predicted molar refractivity (Wildman–Crippen MR) is 73.1 cm³/mol. The van der Waals surface area contributed by atoms with Crippen LogP contribution in [0.15, 0.2) is 48.5 Å². The molecule has 2 heteroatoms. The highest BCUT2D eigenvalue weighted by atomic mass is 16.5. The molecule has 0 aliphatic carbocycles. The summed E-state index contributed by atoms with van der Waals surface area (Å²) in [6, 6.07) is 15.4. The second-order valence-corrected chi connectivity index (χ2v) is 4.05. The number of benzene rings is 2. The first kappa shape index (κ1) is 12.4. The molecule has 0 atom stereocenters. The molecular formula is C16H16O2. The number of ether oxygens (including phenoxy) is 1. The standard InChI is InChI=1S/C16H16O2/c1-2-11-18-16-10-6-5-9-15(16)14-8-4-3-7-13(14)12-17/h3-10,12H,2,11H2,1H3. The average molecular weight is 240 g/mol. The Hall–Kier alpha value is -2.09.